The molecule has 0 saturated carbocycles. The standard InChI is InChI=1S/C20H15FN4OS3/c21-15-8-6-14(7-9-15)18-22-16(12-27-18)10-17(26)23-19-24-25-20(29-19)28-11-13-4-2-1-3-5-13/h1-9,12H,10-11H2,(H,23,24,26). The average Bonchev–Trinajstić information content (AvgIpc) is 3.37. The summed E-state index contributed by atoms with van der Waals surface area (Å²) >= 11 is 4.36. The molecule has 29 heavy (non-hydrogen) atoms. The molecule has 9 heteroatoms. The highest BCUT2D eigenvalue weighted by molar-refractivity contribution is 8.00. The Bertz CT molecular complexity index is 1100. The van der Waals surface area contributed by atoms with E-state index in [4.69, 9.17) is 0 Å². The fourth-order valence-corrected chi connectivity index (χ4v) is 5.03. The van der Waals surface area contributed by atoms with Crippen molar-refractivity contribution in [2.45, 2.75) is 16.5 Å². The average molecular weight is 443 g/mol. The first kappa shape index (κ1) is 19.7. The van der Waals surface area contributed by atoms with Crippen LogP contribution < -0.4 is 5.32 Å². The second kappa shape index (κ2) is 9.25. The van der Waals surface area contributed by atoms with E-state index >= 15 is 0 Å². The second-order valence-corrected chi connectivity index (χ2v) is 9.08. The van der Waals surface area contributed by atoms with Crippen molar-refractivity contribution >= 4 is 45.5 Å². The number of carbonyl (C=O) groups is 1. The van der Waals surface area contributed by atoms with E-state index in [0.29, 0.717) is 10.8 Å². The van der Waals surface area contributed by atoms with Gasteiger partial charge in [-0.25, -0.2) is 9.37 Å². The van der Waals surface area contributed by atoms with Gasteiger partial charge in [0.15, 0.2) is 4.34 Å². The fraction of sp³-hybridized carbons (Fsp3) is 0.100. The molecule has 0 spiro atoms. The van der Waals surface area contributed by atoms with Crippen LogP contribution in [0.2, 0.25) is 0 Å². The zero-order valence-electron chi connectivity index (χ0n) is 15.0. The van der Waals surface area contributed by atoms with E-state index in [1.54, 1.807) is 23.9 Å². The molecule has 146 valence electrons. The molecule has 2 heterocycles. The van der Waals surface area contributed by atoms with Crippen molar-refractivity contribution in [1.82, 2.24) is 15.2 Å². The highest BCUT2D eigenvalue weighted by atomic mass is 32.2. The third-order valence-electron chi connectivity index (χ3n) is 3.84. The van der Waals surface area contributed by atoms with Gasteiger partial charge in [-0.05, 0) is 29.8 Å². The number of carbonyl (C=O) groups excluding carboxylic acids is 1. The van der Waals surface area contributed by atoms with Gasteiger partial charge in [0, 0.05) is 16.7 Å². The monoisotopic (exact) mass is 442 g/mol. The maximum Gasteiger partial charge on any atom is 0.232 e. The largest absolute Gasteiger partial charge is 0.300 e. The topological polar surface area (TPSA) is 67.8 Å². The number of nitrogens with one attached hydrogen (secondary N) is 1. The normalized spacial score (nSPS) is 10.8. The minimum atomic E-state index is -0.289. The molecule has 0 bridgehead atoms. The van der Waals surface area contributed by atoms with Gasteiger partial charge in [0.1, 0.15) is 10.8 Å². The maximum atomic E-state index is 13.0. The van der Waals surface area contributed by atoms with E-state index in [-0.39, 0.29) is 18.1 Å². The Morgan fingerprint density at radius 1 is 1.07 bits per heavy atom. The number of anilines is 1. The quantitative estimate of drug-likeness (QED) is 0.312. The molecule has 0 aliphatic carbocycles. The highest BCUT2D eigenvalue weighted by Crippen LogP contribution is 2.28. The van der Waals surface area contributed by atoms with E-state index < -0.39 is 0 Å². The molecule has 0 unspecified atom stereocenters. The van der Waals surface area contributed by atoms with E-state index in [9.17, 15) is 9.18 Å². The zero-order valence-corrected chi connectivity index (χ0v) is 17.5. The first-order valence-corrected chi connectivity index (χ1v) is 11.3. The molecule has 1 amide bonds. The number of amides is 1. The lowest BCUT2D eigenvalue weighted by Crippen LogP contribution is -2.14. The maximum absolute atomic E-state index is 13.0. The molecule has 2 aromatic carbocycles. The summed E-state index contributed by atoms with van der Waals surface area (Å²) in [6.07, 6.45) is 0.143. The van der Waals surface area contributed by atoms with Crippen molar-refractivity contribution in [2.75, 3.05) is 5.32 Å². The number of thiazole rings is 1. The van der Waals surface area contributed by atoms with Crippen LogP contribution in [0.3, 0.4) is 0 Å². The van der Waals surface area contributed by atoms with Crippen molar-refractivity contribution < 1.29 is 9.18 Å². The predicted molar refractivity (Wildman–Crippen MR) is 116 cm³/mol. The molecular formula is C20H15FN4OS3. The van der Waals surface area contributed by atoms with Crippen LogP contribution in [-0.2, 0) is 17.0 Å². The lowest BCUT2D eigenvalue weighted by molar-refractivity contribution is -0.115. The lowest BCUT2D eigenvalue weighted by atomic mass is 10.2. The summed E-state index contributed by atoms with van der Waals surface area (Å²) in [5, 5.41) is 14.0. The lowest BCUT2D eigenvalue weighted by Gasteiger charge is -1.99. The highest BCUT2D eigenvalue weighted by Gasteiger charge is 2.12. The summed E-state index contributed by atoms with van der Waals surface area (Å²) in [5.41, 5.74) is 2.70. The molecule has 0 fully saturated rings. The van der Waals surface area contributed by atoms with Crippen molar-refractivity contribution in [3.8, 4) is 10.6 Å². The number of hydrogen-bond acceptors (Lipinski definition) is 7. The molecule has 0 aliphatic rings. The first-order chi connectivity index (χ1) is 14.2. The number of nitrogens with zero attached hydrogens (tertiary/aromatic N) is 3. The Hall–Kier alpha value is -2.62. The molecule has 0 aliphatic heterocycles. The predicted octanol–water partition coefficient (Wildman–Crippen LogP) is 5.27. The minimum Gasteiger partial charge on any atom is -0.300 e. The third-order valence-corrected chi connectivity index (χ3v) is 6.83. The molecule has 1 N–H and O–H groups in total. The van der Waals surface area contributed by atoms with Crippen molar-refractivity contribution in [3.63, 3.8) is 0 Å². The fourth-order valence-electron chi connectivity index (χ4n) is 2.48. The van der Waals surface area contributed by atoms with Crippen LogP contribution in [0.5, 0.6) is 0 Å². The van der Waals surface area contributed by atoms with Gasteiger partial charge >= 0.3 is 0 Å². The van der Waals surface area contributed by atoms with Crippen LogP contribution in [0.15, 0.2) is 64.3 Å². The summed E-state index contributed by atoms with van der Waals surface area (Å²) < 4.78 is 13.8. The van der Waals surface area contributed by atoms with E-state index in [1.165, 1.54) is 40.4 Å². The van der Waals surface area contributed by atoms with Crippen molar-refractivity contribution in [3.05, 3.63) is 77.1 Å². The number of halogens is 1. The Kier molecular flexibility index (Phi) is 6.28. The van der Waals surface area contributed by atoms with Gasteiger partial charge in [-0.3, -0.25) is 4.79 Å². The van der Waals surface area contributed by atoms with Crippen LogP contribution in [0.4, 0.5) is 9.52 Å². The number of hydrogen-bond donors (Lipinski definition) is 1. The van der Waals surface area contributed by atoms with E-state index in [1.807, 2.05) is 23.6 Å². The molecule has 2 aromatic heterocycles. The van der Waals surface area contributed by atoms with Gasteiger partial charge in [0.25, 0.3) is 0 Å². The number of thioether (sulfide) groups is 1. The summed E-state index contributed by atoms with van der Waals surface area (Å²) in [6, 6.07) is 16.2. The van der Waals surface area contributed by atoms with Crippen LogP contribution >= 0.6 is 34.4 Å². The van der Waals surface area contributed by atoms with Crippen LogP contribution in [0, 0.1) is 5.82 Å². The Morgan fingerprint density at radius 2 is 1.86 bits per heavy atom. The summed E-state index contributed by atoms with van der Waals surface area (Å²) in [6.45, 7) is 0. The SMILES string of the molecule is O=C(Cc1csc(-c2ccc(F)cc2)n1)Nc1nnc(SCc2ccccc2)s1. The van der Waals surface area contributed by atoms with Gasteiger partial charge in [-0.15, -0.1) is 21.5 Å². The third kappa shape index (κ3) is 5.47. The Labute approximate surface area is 179 Å². The molecule has 0 saturated heterocycles. The van der Waals surface area contributed by atoms with Crippen molar-refractivity contribution in [2.24, 2.45) is 0 Å². The van der Waals surface area contributed by atoms with Gasteiger partial charge in [-0.1, -0.05) is 53.4 Å². The molecule has 4 rings (SSSR count). The first-order valence-electron chi connectivity index (χ1n) is 8.66. The molecular weight excluding hydrogens is 427 g/mol. The number of aromatic nitrogens is 3. The smallest absolute Gasteiger partial charge is 0.232 e. The Morgan fingerprint density at radius 3 is 2.66 bits per heavy atom. The summed E-state index contributed by atoms with van der Waals surface area (Å²) in [4.78, 5) is 16.8. The molecule has 4 aromatic rings. The van der Waals surface area contributed by atoms with Crippen LogP contribution in [0.1, 0.15) is 11.3 Å². The van der Waals surface area contributed by atoms with Gasteiger partial charge in [0.2, 0.25) is 11.0 Å². The van der Waals surface area contributed by atoms with E-state index in [2.05, 4.69) is 32.6 Å². The second-order valence-electron chi connectivity index (χ2n) is 6.02. The van der Waals surface area contributed by atoms with Gasteiger partial charge in [0.05, 0.1) is 12.1 Å². The van der Waals surface area contributed by atoms with Crippen LogP contribution in [-0.4, -0.2) is 21.1 Å². The summed E-state index contributed by atoms with van der Waals surface area (Å²) in [7, 11) is 0. The van der Waals surface area contributed by atoms with Gasteiger partial charge < -0.3 is 5.32 Å². The number of benzene rings is 2. The molecule has 0 atom stereocenters. The number of rotatable bonds is 7. The zero-order chi connectivity index (χ0) is 20.1. The van der Waals surface area contributed by atoms with Gasteiger partial charge in [-0.2, -0.15) is 0 Å². The van der Waals surface area contributed by atoms with Crippen LogP contribution in [0.25, 0.3) is 10.6 Å². The summed E-state index contributed by atoms with van der Waals surface area (Å²) in [5.74, 6) is 0.314. The minimum absolute atomic E-state index is 0.143. The van der Waals surface area contributed by atoms with E-state index in [0.717, 1.165) is 20.7 Å². The van der Waals surface area contributed by atoms with Crippen molar-refractivity contribution in [1.29, 1.82) is 0 Å². The Balaban J connectivity index is 1.31. The molecule has 0 radical (unpaired) electrons. The molecule has 5 nitrogen and oxygen atoms in total.